The molecule has 1 aromatic rings. The number of aliphatic carboxylic acids is 1. The molecule has 0 unspecified atom stereocenters. The van der Waals surface area contributed by atoms with Gasteiger partial charge in [0.2, 0.25) is 0 Å². The molecule has 0 spiro atoms. The lowest BCUT2D eigenvalue weighted by Crippen LogP contribution is -2.06. The van der Waals surface area contributed by atoms with Crippen molar-refractivity contribution in [2.45, 2.75) is 18.7 Å². The molecule has 1 rings (SSSR count). The van der Waals surface area contributed by atoms with Crippen molar-refractivity contribution in [2.24, 2.45) is 0 Å². The van der Waals surface area contributed by atoms with E-state index in [0.717, 1.165) is 6.20 Å². The number of alkyl halides is 3. The smallest absolute Gasteiger partial charge is 0.307 e. The first-order valence-corrected chi connectivity index (χ1v) is 4.76. The standard InChI is InChI=1S/C9H8ClF2NO3/c10-2-5-4(1-6(14)15)3-13-7(8(5)16)9(11)12/h3,9,16H,1-2H2,(H,14,15). The van der Waals surface area contributed by atoms with E-state index in [1.807, 2.05) is 0 Å². The molecule has 1 heterocycles. The third-order valence-corrected chi connectivity index (χ3v) is 2.22. The van der Waals surface area contributed by atoms with Gasteiger partial charge in [-0.2, -0.15) is 0 Å². The van der Waals surface area contributed by atoms with E-state index in [2.05, 4.69) is 4.98 Å². The molecule has 0 aliphatic heterocycles. The summed E-state index contributed by atoms with van der Waals surface area (Å²) in [6.07, 6.45) is -2.36. The van der Waals surface area contributed by atoms with Crippen LogP contribution in [-0.4, -0.2) is 21.2 Å². The monoisotopic (exact) mass is 251 g/mol. The summed E-state index contributed by atoms with van der Waals surface area (Å²) in [5.41, 5.74) is -0.677. The highest BCUT2D eigenvalue weighted by molar-refractivity contribution is 6.17. The Bertz CT molecular complexity index is 412. The van der Waals surface area contributed by atoms with Crippen molar-refractivity contribution in [3.63, 3.8) is 0 Å². The normalized spacial score (nSPS) is 10.8. The predicted octanol–water partition coefficient (Wildman–Crippen LogP) is 2.09. The van der Waals surface area contributed by atoms with E-state index < -0.39 is 30.3 Å². The molecule has 4 nitrogen and oxygen atoms in total. The van der Waals surface area contributed by atoms with Gasteiger partial charge in [-0.05, 0) is 5.56 Å². The van der Waals surface area contributed by atoms with Crippen molar-refractivity contribution in [3.05, 3.63) is 23.0 Å². The first-order chi connectivity index (χ1) is 7.47. The van der Waals surface area contributed by atoms with E-state index in [9.17, 15) is 18.7 Å². The number of carbonyl (C=O) groups is 1. The Morgan fingerprint density at radius 1 is 1.56 bits per heavy atom. The van der Waals surface area contributed by atoms with E-state index in [4.69, 9.17) is 16.7 Å². The van der Waals surface area contributed by atoms with Crippen LogP contribution in [0.3, 0.4) is 0 Å². The van der Waals surface area contributed by atoms with Crippen LogP contribution in [0.4, 0.5) is 8.78 Å². The van der Waals surface area contributed by atoms with Crippen molar-refractivity contribution in [1.82, 2.24) is 4.98 Å². The summed E-state index contributed by atoms with van der Waals surface area (Å²) in [4.78, 5) is 13.8. The van der Waals surface area contributed by atoms with Crippen molar-refractivity contribution in [1.29, 1.82) is 0 Å². The Morgan fingerprint density at radius 3 is 2.62 bits per heavy atom. The minimum Gasteiger partial charge on any atom is -0.505 e. The second-order valence-electron chi connectivity index (χ2n) is 3.00. The molecule has 0 fully saturated rings. The summed E-state index contributed by atoms with van der Waals surface area (Å²) in [6.45, 7) is 0. The van der Waals surface area contributed by atoms with Gasteiger partial charge in [-0.15, -0.1) is 11.6 Å². The van der Waals surface area contributed by atoms with Gasteiger partial charge in [-0.25, -0.2) is 8.78 Å². The van der Waals surface area contributed by atoms with Gasteiger partial charge < -0.3 is 10.2 Å². The molecule has 0 saturated carbocycles. The first-order valence-electron chi connectivity index (χ1n) is 4.22. The molecule has 0 aliphatic carbocycles. The van der Waals surface area contributed by atoms with Gasteiger partial charge in [0.25, 0.3) is 6.43 Å². The van der Waals surface area contributed by atoms with Gasteiger partial charge in [-0.3, -0.25) is 9.78 Å². The minimum atomic E-state index is -2.93. The van der Waals surface area contributed by atoms with Crippen LogP contribution in [0.1, 0.15) is 23.2 Å². The number of nitrogens with zero attached hydrogens (tertiary/aromatic N) is 1. The molecular weight excluding hydrogens is 244 g/mol. The number of hydrogen-bond acceptors (Lipinski definition) is 3. The maximum Gasteiger partial charge on any atom is 0.307 e. The summed E-state index contributed by atoms with van der Waals surface area (Å²) >= 11 is 5.47. The number of aromatic nitrogens is 1. The molecule has 1 aromatic heterocycles. The quantitative estimate of drug-likeness (QED) is 0.804. The Hall–Kier alpha value is -1.43. The Balaban J connectivity index is 3.23. The SMILES string of the molecule is O=C(O)Cc1cnc(C(F)F)c(O)c1CCl. The highest BCUT2D eigenvalue weighted by Gasteiger charge is 2.20. The third-order valence-electron chi connectivity index (χ3n) is 1.96. The van der Waals surface area contributed by atoms with Crippen LogP contribution in [0.15, 0.2) is 6.20 Å². The Morgan fingerprint density at radius 2 is 2.19 bits per heavy atom. The van der Waals surface area contributed by atoms with Gasteiger partial charge in [0.1, 0.15) is 11.4 Å². The maximum atomic E-state index is 12.4. The summed E-state index contributed by atoms with van der Waals surface area (Å²) in [5.74, 6) is -2.14. The number of carboxylic acid groups (broad SMARTS) is 1. The number of aromatic hydroxyl groups is 1. The summed E-state index contributed by atoms with van der Waals surface area (Å²) in [5, 5.41) is 18.0. The fourth-order valence-electron chi connectivity index (χ4n) is 1.22. The van der Waals surface area contributed by atoms with E-state index in [1.54, 1.807) is 0 Å². The van der Waals surface area contributed by atoms with Crippen molar-refractivity contribution in [2.75, 3.05) is 0 Å². The average Bonchev–Trinajstić information content (AvgIpc) is 2.16. The molecule has 0 aliphatic rings. The summed E-state index contributed by atoms with van der Waals surface area (Å²) < 4.78 is 24.7. The molecule has 0 aromatic carbocycles. The number of pyridine rings is 1. The lowest BCUT2D eigenvalue weighted by Gasteiger charge is -2.10. The maximum absolute atomic E-state index is 12.4. The van der Waals surface area contributed by atoms with E-state index in [0.29, 0.717) is 0 Å². The molecule has 88 valence electrons. The Labute approximate surface area is 94.5 Å². The van der Waals surface area contributed by atoms with Crippen molar-refractivity contribution >= 4 is 17.6 Å². The van der Waals surface area contributed by atoms with Gasteiger partial charge >= 0.3 is 5.97 Å². The van der Waals surface area contributed by atoms with Crippen LogP contribution < -0.4 is 0 Å². The number of hydrogen-bond donors (Lipinski definition) is 2. The lowest BCUT2D eigenvalue weighted by atomic mass is 10.1. The van der Waals surface area contributed by atoms with Crippen LogP contribution in [0.2, 0.25) is 0 Å². The van der Waals surface area contributed by atoms with E-state index in [1.165, 1.54) is 0 Å². The zero-order chi connectivity index (χ0) is 12.3. The fourth-order valence-corrected chi connectivity index (χ4v) is 1.52. The molecular formula is C9H8ClF2NO3. The van der Waals surface area contributed by atoms with Gasteiger partial charge in [0, 0.05) is 11.8 Å². The third kappa shape index (κ3) is 2.57. The van der Waals surface area contributed by atoms with Crippen LogP contribution in [0.25, 0.3) is 0 Å². The number of carboxylic acids is 1. The molecule has 0 atom stereocenters. The molecule has 2 N–H and O–H groups in total. The second-order valence-corrected chi connectivity index (χ2v) is 3.27. The summed E-state index contributed by atoms with van der Waals surface area (Å²) in [7, 11) is 0. The van der Waals surface area contributed by atoms with Crippen LogP contribution in [0, 0.1) is 0 Å². The zero-order valence-electron chi connectivity index (χ0n) is 7.95. The van der Waals surface area contributed by atoms with Crippen LogP contribution in [0.5, 0.6) is 5.75 Å². The van der Waals surface area contributed by atoms with Gasteiger partial charge in [0.15, 0.2) is 0 Å². The highest BCUT2D eigenvalue weighted by Crippen LogP contribution is 2.32. The van der Waals surface area contributed by atoms with Crippen molar-refractivity contribution < 1.29 is 23.8 Å². The fraction of sp³-hybridized carbons (Fsp3) is 0.333. The first kappa shape index (κ1) is 12.6. The minimum absolute atomic E-state index is 0.0191. The highest BCUT2D eigenvalue weighted by atomic mass is 35.5. The average molecular weight is 252 g/mol. The zero-order valence-corrected chi connectivity index (χ0v) is 8.71. The Kier molecular flexibility index (Phi) is 4.00. The van der Waals surface area contributed by atoms with Gasteiger partial charge in [-0.1, -0.05) is 0 Å². The topological polar surface area (TPSA) is 70.4 Å². The number of rotatable bonds is 4. The molecule has 0 radical (unpaired) electrons. The van der Waals surface area contributed by atoms with Crippen LogP contribution in [-0.2, 0) is 17.1 Å². The molecule has 0 bridgehead atoms. The van der Waals surface area contributed by atoms with E-state index >= 15 is 0 Å². The number of halogens is 3. The second kappa shape index (κ2) is 5.07. The predicted molar refractivity (Wildman–Crippen MR) is 51.8 cm³/mol. The van der Waals surface area contributed by atoms with Gasteiger partial charge in [0.05, 0.1) is 12.3 Å². The van der Waals surface area contributed by atoms with Crippen molar-refractivity contribution in [3.8, 4) is 5.75 Å². The largest absolute Gasteiger partial charge is 0.505 e. The van der Waals surface area contributed by atoms with Crippen LogP contribution >= 0.6 is 11.6 Å². The molecule has 16 heavy (non-hydrogen) atoms. The molecule has 0 amide bonds. The lowest BCUT2D eigenvalue weighted by molar-refractivity contribution is -0.136. The summed E-state index contributed by atoms with van der Waals surface area (Å²) in [6, 6.07) is 0. The molecule has 7 heteroatoms. The van der Waals surface area contributed by atoms with E-state index in [-0.39, 0.29) is 17.0 Å². The molecule has 0 saturated heterocycles.